The number of aryl methyl sites for hydroxylation is 1. The van der Waals surface area contributed by atoms with E-state index in [4.69, 9.17) is 9.47 Å². The van der Waals surface area contributed by atoms with Crippen molar-refractivity contribution in [2.75, 3.05) is 25.7 Å². The molecule has 3 heterocycles. The van der Waals surface area contributed by atoms with Crippen LogP contribution in [0.2, 0.25) is 0 Å². The fourth-order valence-corrected chi connectivity index (χ4v) is 6.72. The quantitative estimate of drug-likeness (QED) is 0.126. The number of nitrogens with zero attached hydrogens (tertiary/aromatic N) is 5. The molecule has 0 N–H and O–H groups in total. The van der Waals surface area contributed by atoms with Crippen molar-refractivity contribution < 1.29 is 27.2 Å². The van der Waals surface area contributed by atoms with Crippen molar-refractivity contribution in [1.82, 2.24) is 15.0 Å². The Labute approximate surface area is 264 Å². The third kappa shape index (κ3) is 4.54. The number of rotatable bonds is 8. The number of pyridine rings is 1. The van der Waals surface area contributed by atoms with Crippen LogP contribution in [0.3, 0.4) is 0 Å². The third-order valence-electron chi connectivity index (χ3n) is 8.62. The fraction of sp³-hybridized carbons (Fsp3) is 0.250. The molecule has 0 fully saturated rings. The van der Waals surface area contributed by atoms with Gasteiger partial charge in [-0.3, -0.25) is 0 Å². The summed E-state index contributed by atoms with van der Waals surface area (Å²) in [6.45, 7) is 5.84. The summed E-state index contributed by atoms with van der Waals surface area (Å²) in [4.78, 5) is 2.35. The van der Waals surface area contributed by atoms with Gasteiger partial charge in [0.1, 0.15) is 29.4 Å². The molecular weight excluding hydrogens is 591 g/mol. The molecule has 0 aliphatic carbocycles. The molecule has 2 aromatic heterocycles. The molecule has 7 rings (SSSR count). The Morgan fingerprint density at radius 1 is 0.761 bits per heavy atom. The van der Waals surface area contributed by atoms with E-state index in [9.17, 15) is 13.2 Å². The van der Waals surface area contributed by atoms with Gasteiger partial charge in [-0.15, -0.1) is 5.10 Å². The number of alkyl halides is 3. The maximum atomic E-state index is 13.2. The number of hydrogen-bond acceptors (Lipinski definition) is 5. The van der Waals surface area contributed by atoms with Crippen LogP contribution in [-0.2, 0) is 12.7 Å². The normalized spacial score (nSPS) is 12.5. The lowest BCUT2D eigenvalue weighted by Gasteiger charge is -2.34. The minimum Gasteiger partial charge on any atom is -0.496 e. The average Bonchev–Trinajstić information content (AvgIpc) is 3.56. The van der Waals surface area contributed by atoms with E-state index in [0.717, 1.165) is 99.6 Å². The topological polar surface area (TPSA) is 56.3 Å². The Morgan fingerprint density at radius 2 is 1.48 bits per heavy atom. The molecule has 10 heteroatoms. The molecule has 0 spiro atoms. The van der Waals surface area contributed by atoms with Crippen LogP contribution < -0.4 is 18.9 Å². The first kappa shape index (κ1) is 29.6. The van der Waals surface area contributed by atoms with Gasteiger partial charge in [0.25, 0.3) is 0 Å². The molecule has 0 radical (unpaired) electrons. The molecule has 0 saturated heterocycles. The van der Waals surface area contributed by atoms with Gasteiger partial charge in [0.15, 0.2) is 0 Å². The number of ether oxygens (including phenoxy) is 2. The SMILES string of the molecule is CCCN1c2cccc(OC)c2-c2c3c(OC)cccc3[n+](CCC)c3c(-n4cc(-c5ccc(C(F)(F)F)cc5)nn4)ccc1c23. The number of halogens is 3. The van der Waals surface area contributed by atoms with Gasteiger partial charge in [0.2, 0.25) is 11.0 Å². The van der Waals surface area contributed by atoms with Crippen LogP contribution in [0.15, 0.2) is 79.0 Å². The summed E-state index contributed by atoms with van der Waals surface area (Å²) >= 11 is 0. The molecule has 1 aliphatic rings. The molecular formula is C36H33F3N5O2+. The molecule has 4 aromatic carbocycles. The predicted molar refractivity (Wildman–Crippen MR) is 173 cm³/mol. The summed E-state index contributed by atoms with van der Waals surface area (Å²) in [6.07, 6.45) is -0.833. The van der Waals surface area contributed by atoms with Gasteiger partial charge in [-0.25, -0.2) is 4.68 Å². The van der Waals surface area contributed by atoms with E-state index >= 15 is 0 Å². The highest BCUT2D eigenvalue weighted by atomic mass is 19.4. The van der Waals surface area contributed by atoms with E-state index in [2.05, 4.69) is 57.9 Å². The van der Waals surface area contributed by atoms with Crippen LogP contribution in [-0.4, -0.2) is 35.8 Å². The number of anilines is 2. The van der Waals surface area contributed by atoms with Gasteiger partial charge in [0, 0.05) is 35.7 Å². The highest BCUT2D eigenvalue weighted by Crippen LogP contribution is 2.54. The van der Waals surface area contributed by atoms with Crippen LogP contribution in [0.1, 0.15) is 32.3 Å². The Kier molecular flexibility index (Phi) is 7.30. The predicted octanol–water partition coefficient (Wildman–Crippen LogP) is 8.50. The Bertz CT molecular complexity index is 2100. The standard InChI is InChI=1S/C36H33F3N5O2/c1-5-19-42-25-9-7-11-29(45-3)31(25)34-32-26(10-8-12-30(32)46-4)43(20-6-2)35-28(18-17-27(42)33(34)35)44-21-24(40-41-44)22-13-15-23(16-14-22)36(37,38)39/h7-18,21H,5-6,19-20H2,1-4H3/q+1. The summed E-state index contributed by atoms with van der Waals surface area (Å²) in [5.41, 5.74) is 7.24. The molecule has 0 saturated carbocycles. The summed E-state index contributed by atoms with van der Waals surface area (Å²) < 4.78 is 55.7. The molecule has 0 bridgehead atoms. The van der Waals surface area contributed by atoms with Gasteiger partial charge < -0.3 is 14.4 Å². The molecule has 0 atom stereocenters. The first-order valence-electron chi connectivity index (χ1n) is 15.3. The Balaban J connectivity index is 1.58. The van der Waals surface area contributed by atoms with Crippen LogP contribution in [0.4, 0.5) is 24.5 Å². The van der Waals surface area contributed by atoms with E-state index in [-0.39, 0.29) is 0 Å². The molecule has 46 heavy (non-hydrogen) atoms. The summed E-state index contributed by atoms with van der Waals surface area (Å²) in [5.74, 6) is 1.53. The zero-order valence-electron chi connectivity index (χ0n) is 26.0. The minimum atomic E-state index is -4.41. The summed E-state index contributed by atoms with van der Waals surface area (Å²) in [7, 11) is 3.39. The number of aromatic nitrogens is 4. The first-order chi connectivity index (χ1) is 22.3. The molecule has 234 valence electrons. The molecule has 1 aliphatic heterocycles. The summed E-state index contributed by atoms with van der Waals surface area (Å²) in [6, 6.07) is 21.4. The number of fused-ring (bicyclic) bond motifs is 4. The minimum absolute atomic E-state index is 0.474. The lowest BCUT2D eigenvalue weighted by Crippen LogP contribution is -2.37. The van der Waals surface area contributed by atoms with E-state index in [0.29, 0.717) is 11.3 Å². The monoisotopic (exact) mass is 624 g/mol. The molecule has 0 unspecified atom stereocenters. The maximum absolute atomic E-state index is 13.2. The van der Waals surface area contributed by atoms with Crippen molar-refractivity contribution >= 4 is 33.2 Å². The van der Waals surface area contributed by atoms with Crippen LogP contribution >= 0.6 is 0 Å². The maximum Gasteiger partial charge on any atom is 0.416 e. The highest BCUT2D eigenvalue weighted by Gasteiger charge is 2.36. The van der Waals surface area contributed by atoms with Crippen molar-refractivity contribution in [3.63, 3.8) is 0 Å². The van der Waals surface area contributed by atoms with Gasteiger partial charge in [-0.05, 0) is 48.9 Å². The van der Waals surface area contributed by atoms with Crippen molar-refractivity contribution in [3.8, 4) is 39.6 Å². The lowest BCUT2D eigenvalue weighted by molar-refractivity contribution is -0.645. The second-order valence-electron chi connectivity index (χ2n) is 11.3. The van der Waals surface area contributed by atoms with Crippen LogP contribution in [0, 0.1) is 0 Å². The van der Waals surface area contributed by atoms with E-state index in [1.807, 2.05) is 24.3 Å². The lowest BCUT2D eigenvalue weighted by atomic mass is 9.88. The van der Waals surface area contributed by atoms with Crippen LogP contribution in [0.5, 0.6) is 11.5 Å². The molecule has 7 nitrogen and oxygen atoms in total. The number of hydrogen-bond donors (Lipinski definition) is 0. The number of benzene rings is 4. The number of methoxy groups -OCH3 is 2. The van der Waals surface area contributed by atoms with Crippen molar-refractivity contribution in [2.24, 2.45) is 0 Å². The molecule has 0 amide bonds. The zero-order valence-corrected chi connectivity index (χ0v) is 26.0. The largest absolute Gasteiger partial charge is 0.496 e. The first-order valence-corrected chi connectivity index (χ1v) is 15.3. The smallest absolute Gasteiger partial charge is 0.416 e. The fourth-order valence-electron chi connectivity index (χ4n) is 6.72. The van der Waals surface area contributed by atoms with Gasteiger partial charge in [-0.2, -0.15) is 17.7 Å². The third-order valence-corrected chi connectivity index (χ3v) is 8.62. The van der Waals surface area contributed by atoms with E-state index in [1.165, 1.54) is 12.1 Å². The second kappa shape index (κ2) is 11.3. The molecule has 6 aromatic rings. The Morgan fingerprint density at radius 3 is 2.17 bits per heavy atom. The van der Waals surface area contributed by atoms with E-state index in [1.54, 1.807) is 25.1 Å². The zero-order chi connectivity index (χ0) is 32.2. The second-order valence-corrected chi connectivity index (χ2v) is 11.3. The van der Waals surface area contributed by atoms with Crippen molar-refractivity contribution in [1.29, 1.82) is 0 Å². The van der Waals surface area contributed by atoms with Crippen molar-refractivity contribution in [2.45, 2.75) is 39.4 Å². The van der Waals surface area contributed by atoms with Gasteiger partial charge in [0.05, 0.1) is 48.1 Å². The van der Waals surface area contributed by atoms with Crippen molar-refractivity contribution in [3.05, 3.63) is 84.6 Å². The Hall–Kier alpha value is -5.12. The summed E-state index contributed by atoms with van der Waals surface area (Å²) in [5, 5.41) is 10.9. The van der Waals surface area contributed by atoms with Crippen LogP contribution in [0.25, 0.3) is 49.9 Å². The van der Waals surface area contributed by atoms with E-state index < -0.39 is 11.7 Å². The highest BCUT2D eigenvalue weighted by molar-refractivity contribution is 6.21. The van der Waals surface area contributed by atoms with Gasteiger partial charge in [-0.1, -0.05) is 43.3 Å². The van der Waals surface area contributed by atoms with Gasteiger partial charge >= 0.3 is 6.18 Å². The average molecular weight is 625 g/mol.